The van der Waals surface area contributed by atoms with E-state index in [9.17, 15) is 19.5 Å². The van der Waals surface area contributed by atoms with Gasteiger partial charge in [-0.1, -0.05) is 0 Å². The van der Waals surface area contributed by atoms with Crippen molar-refractivity contribution in [3.05, 3.63) is 39.9 Å². The first-order valence-electron chi connectivity index (χ1n) is 7.61. The van der Waals surface area contributed by atoms with E-state index in [4.69, 9.17) is 16.3 Å². The van der Waals surface area contributed by atoms with Crippen LogP contribution in [0.5, 0.6) is 5.06 Å². The van der Waals surface area contributed by atoms with Crippen LogP contribution in [-0.2, 0) is 9.59 Å². The van der Waals surface area contributed by atoms with E-state index in [1.165, 1.54) is 24.5 Å². The number of ketones is 1. The van der Waals surface area contributed by atoms with Gasteiger partial charge in [0.1, 0.15) is 0 Å². The number of nitrogens with zero attached hydrogens (tertiary/aromatic N) is 1. The zero-order chi connectivity index (χ0) is 18.3. The SMILES string of the molecule is COc1cc(C(=O)N2C(C)=C(CC(=O)O)C3=CC(=O)C(Cl)CC32)cs1. The minimum Gasteiger partial charge on any atom is -0.487 e. The lowest BCUT2D eigenvalue weighted by Gasteiger charge is -2.30. The number of rotatable bonds is 4. The van der Waals surface area contributed by atoms with Gasteiger partial charge in [-0.3, -0.25) is 14.4 Å². The third-order valence-electron chi connectivity index (χ3n) is 4.42. The zero-order valence-corrected chi connectivity index (χ0v) is 15.2. The fourth-order valence-electron chi connectivity index (χ4n) is 3.25. The summed E-state index contributed by atoms with van der Waals surface area (Å²) in [6.07, 6.45) is 1.40. The van der Waals surface area contributed by atoms with Gasteiger partial charge in [0.25, 0.3) is 5.91 Å². The van der Waals surface area contributed by atoms with Crippen LogP contribution in [0.4, 0.5) is 0 Å². The van der Waals surface area contributed by atoms with Crippen LogP contribution in [0, 0.1) is 0 Å². The number of amides is 1. The van der Waals surface area contributed by atoms with Crippen LogP contribution in [-0.4, -0.2) is 46.2 Å². The Bertz CT molecular complexity index is 825. The van der Waals surface area contributed by atoms with Gasteiger partial charge in [0, 0.05) is 17.1 Å². The third-order valence-corrected chi connectivity index (χ3v) is 5.71. The molecule has 1 N–H and O–H groups in total. The molecule has 1 aliphatic heterocycles. The number of ether oxygens (including phenoxy) is 1. The molecule has 25 heavy (non-hydrogen) atoms. The van der Waals surface area contributed by atoms with E-state index in [0.717, 1.165) is 0 Å². The maximum atomic E-state index is 13.0. The Kier molecular flexibility index (Phi) is 4.71. The molecule has 2 aliphatic rings. The molecule has 0 radical (unpaired) electrons. The molecule has 6 nitrogen and oxygen atoms in total. The highest BCUT2D eigenvalue weighted by Crippen LogP contribution is 2.42. The van der Waals surface area contributed by atoms with Gasteiger partial charge in [-0.15, -0.1) is 22.9 Å². The number of aliphatic carboxylic acids is 1. The van der Waals surface area contributed by atoms with Crippen LogP contribution in [0.25, 0.3) is 0 Å². The summed E-state index contributed by atoms with van der Waals surface area (Å²) in [5.41, 5.74) is 2.09. The highest BCUT2D eigenvalue weighted by atomic mass is 35.5. The van der Waals surface area contributed by atoms with E-state index in [0.29, 0.717) is 27.5 Å². The summed E-state index contributed by atoms with van der Waals surface area (Å²) in [7, 11) is 1.53. The highest BCUT2D eigenvalue weighted by molar-refractivity contribution is 7.12. The quantitative estimate of drug-likeness (QED) is 0.811. The molecular weight excluding hydrogens is 366 g/mol. The largest absolute Gasteiger partial charge is 0.487 e. The molecule has 3 rings (SSSR count). The average molecular weight is 382 g/mol. The van der Waals surface area contributed by atoms with Gasteiger partial charge in [0.15, 0.2) is 10.8 Å². The first kappa shape index (κ1) is 17.7. The molecule has 0 saturated heterocycles. The predicted octanol–water partition coefficient (Wildman–Crippen LogP) is 2.84. The molecule has 1 aromatic heterocycles. The Balaban J connectivity index is 2.03. The number of thiophene rings is 1. The summed E-state index contributed by atoms with van der Waals surface area (Å²) < 4.78 is 5.13. The summed E-state index contributed by atoms with van der Waals surface area (Å²) in [5.74, 6) is -1.53. The monoisotopic (exact) mass is 381 g/mol. The fourth-order valence-corrected chi connectivity index (χ4v) is 4.18. The molecule has 0 saturated carbocycles. The molecule has 8 heteroatoms. The molecular formula is C17H16ClNO5S. The Morgan fingerprint density at radius 3 is 2.80 bits per heavy atom. The normalized spacial score (nSPS) is 22.8. The number of carboxylic acids is 1. The number of carbonyl (C=O) groups excluding carboxylic acids is 2. The Morgan fingerprint density at radius 2 is 2.20 bits per heavy atom. The lowest BCUT2D eigenvalue weighted by atomic mass is 9.89. The molecule has 2 unspecified atom stereocenters. The molecule has 1 aromatic rings. The molecule has 1 amide bonds. The Hall–Kier alpha value is -2.12. The second kappa shape index (κ2) is 6.65. The van der Waals surface area contributed by atoms with E-state index in [1.807, 2.05) is 0 Å². The maximum absolute atomic E-state index is 13.0. The van der Waals surface area contributed by atoms with Crippen LogP contribution in [0.1, 0.15) is 30.1 Å². The zero-order valence-electron chi connectivity index (χ0n) is 13.6. The van der Waals surface area contributed by atoms with Crippen molar-refractivity contribution < 1.29 is 24.2 Å². The Labute approximate surface area is 153 Å². The number of alkyl halides is 1. The minimum atomic E-state index is -1.01. The van der Waals surface area contributed by atoms with E-state index < -0.39 is 17.4 Å². The second-order valence-electron chi connectivity index (χ2n) is 5.89. The van der Waals surface area contributed by atoms with Gasteiger partial charge in [-0.2, -0.15) is 0 Å². The summed E-state index contributed by atoms with van der Waals surface area (Å²) in [4.78, 5) is 37.7. The van der Waals surface area contributed by atoms with Gasteiger partial charge in [0.05, 0.1) is 30.5 Å². The number of carbonyl (C=O) groups is 3. The van der Waals surface area contributed by atoms with Crippen molar-refractivity contribution in [1.82, 2.24) is 4.90 Å². The molecule has 1 aliphatic carbocycles. The van der Waals surface area contributed by atoms with Crippen LogP contribution >= 0.6 is 22.9 Å². The number of methoxy groups -OCH3 is 1. The smallest absolute Gasteiger partial charge is 0.307 e. The number of fused-ring (bicyclic) bond motifs is 1. The minimum absolute atomic E-state index is 0.245. The third kappa shape index (κ3) is 3.09. The van der Waals surface area contributed by atoms with Gasteiger partial charge in [-0.05, 0) is 30.6 Å². The first-order chi connectivity index (χ1) is 11.8. The van der Waals surface area contributed by atoms with Crippen molar-refractivity contribution in [3.63, 3.8) is 0 Å². The lowest BCUT2D eigenvalue weighted by molar-refractivity contribution is -0.136. The number of halogens is 1. The summed E-state index contributed by atoms with van der Waals surface area (Å²) >= 11 is 7.40. The summed E-state index contributed by atoms with van der Waals surface area (Å²) in [6.45, 7) is 1.70. The van der Waals surface area contributed by atoms with Gasteiger partial charge < -0.3 is 14.7 Å². The molecule has 2 atom stereocenters. The molecule has 0 bridgehead atoms. The molecule has 132 valence electrons. The fraction of sp³-hybridized carbons (Fsp3) is 0.353. The van der Waals surface area contributed by atoms with E-state index in [1.54, 1.807) is 23.3 Å². The maximum Gasteiger partial charge on any atom is 0.307 e. The average Bonchev–Trinajstić information content (AvgIpc) is 3.12. The van der Waals surface area contributed by atoms with E-state index in [2.05, 4.69) is 0 Å². The van der Waals surface area contributed by atoms with Crippen molar-refractivity contribution in [2.75, 3.05) is 7.11 Å². The van der Waals surface area contributed by atoms with E-state index >= 15 is 0 Å². The Morgan fingerprint density at radius 1 is 1.48 bits per heavy atom. The van der Waals surface area contributed by atoms with Crippen molar-refractivity contribution in [1.29, 1.82) is 0 Å². The van der Waals surface area contributed by atoms with E-state index in [-0.39, 0.29) is 24.5 Å². The van der Waals surface area contributed by atoms with Crippen LogP contribution in [0.2, 0.25) is 0 Å². The molecule has 0 aromatic carbocycles. The van der Waals surface area contributed by atoms with Gasteiger partial charge in [0.2, 0.25) is 0 Å². The van der Waals surface area contributed by atoms with Crippen LogP contribution in [0.3, 0.4) is 0 Å². The molecule has 2 heterocycles. The summed E-state index contributed by atoms with van der Waals surface area (Å²) in [5, 5.41) is 10.8. The summed E-state index contributed by atoms with van der Waals surface area (Å²) in [6, 6.07) is 1.22. The van der Waals surface area contributed by atoms with Gasteiger partial charge >= 0.3 is 5.97 Å². The number of hydrogen-bond donors (Lipinski definition) is 1. The topological polar surface area (TPSA) is 83.9 Å². The van der Waals surface area contributed by atoms with Gasteiger partial charge in [-0.25, -0.2) is 0 Å². The van der Waals surface area contributed by atoms with Crippen LogP contribution < -0.4 is 4.74 Å². The second-order valence-corrected chi connectivity index (χ2v) is 7.29. The van der Waals surface area contributed by atoms with Crippen molar-refractivity contribution >= 4 is 40.6 Å². The number of carboxylic acid groups (broad SMARTS) is 1. The highest BCUT2D eigenvalue weighted by Gasteiger charge is 2.43. The molecule has 0 fully saturated rings. The van der Waals surface area contributed by atoms with Crippen molar-refractivity contribution in [3.8, 4) is 5.06 Å². The number of allylic oxidation sites excluding steroid dienone is 2. The van der Waals surface area contributed by atoms with Crippen molar-refractivity contribution in [2.24, 2.45) is 0 Å². The standard InChI is InChI=1S/C17H16ClNO5S/c1-8-10(5-15(21)22)11-4-14(20)12(18)6-13(11)19(8)17(23)9-3-16(24-2)25-7-9/h3-4,7,12-13H,5-6H2,1-2H3,(H,21,22). The molecule has 0 spiro atoms. The predicted molar refractivity (Wildman–Crippen MR) is 93.1 cm³/mol. The lowest BCUT2D eigenvalue weighted by Crippen LogP contribution is -2.40. The number of hydrogen-bond acceptors (Lipinski definition) is 5. The first-order valence-corrected chi connectivity index (χ1v) is 8.92. The van der Waals surface area contributed by atoms with Crippen molar-refractivity contribution in [2.45, 2.75) is 31.2 Å². The van der Waals surface area contributed by atoms with Crippen LogP contribution in [0.15, 0.2) is 34.4 Å².